The van der Waals surface area contributed by atoms with E-state index in [2.05, 4.69) is 4.72 Å². The Bertz CT molecular complexity index is 722. The van der Waals surface area contributed by atoms with Crippen LogP contribution in [0.25, 0.3) is 0 Å². The Kier molecular flexibility index (Phi) is 4.76. The van der Waals surface area contributed by atoms with Crippen LogP contribution in [0, 0.1) is 6.92 Å². The highest BCUT2D eigenvalue weighted by molar-refractivity contribution is 7.91. The smallest absolute Gasteiger partial charge is 0.312 e. The maximum absolute atomic E-state index is 12.1. The highest BCUT2D eigenvalue weighted by Gasteiger charge is 2.23. The van der Waals surface area contributed by atoms with Crippen molar-refractivity contribution in [3.05, 3.63) is 52.9 Å². The summed E-state index contributed by atoms with van der Waals surface area (Å²) in [5.74, 6) is -1.98. The zero-order valence-corrected chi connectivity index (χ0v) is 12.9. The van der Waals surface area contributed by atoms with Crippen LogP contribution in [-0.2, 0) is 14.8 Å². The van der Waals surface area contributed by atoms with Gasteiger partial charge in [0.15, 0.2) is 0 Å². The molecule has 1 heterocycles. The molecule has 21 heavy (non-hydrogen) atoms. The van der Waals surface area contributed by atoms with E-state index in [-0.39, 0.29) is 10.8 Å². The Labute approximate surface area is 127 Å². The van der Waals surface area contributed by atoms with Crippen LogP contribution in [0.3, 0.4) is 0 Å². The lowest BCUT2D eigenvalue weighted by molar-refractivity contribution is -0.138. The second-order valence-corrected chi connectivity index (χ2v) is 7.80. The van der Waals surface area contributed by atoms with Gasteiger partial charge in [-0.1, -0.05) is 30.3 Å². The molecule has 0 amide bonds. The van der Waals surface area contributed by atoms with Crippen LogP contribution in [0.4, 0.5) is 0 Å². The molecule has 5 nitrogen and oxygen atoms in total. The second kappa shape index (κ2) is 6.38. The van der Waals surface area contributed by atoms with Crippen molar-refractivity contribution in [1.82, 2.24) is 4.72 Å². The Morgan fingerprint density at radius 3 is 2.43 bits per heavy atom. The molecule has 7 heteroatoms. The lowest BCUT2D eigenvalue weighted by atomic mass is 10.00. The monoisotopic (exact) mass is 325 g/mol. The van der Waals surface area contributed by atoms with Crippen LogP contribution >= 0.6 is 11.3 Å². The minimum Gasteiger partial charge on any atom is -0.481 e. The molecular formula is C14H15NO4S2. The number of sulfonamides is 1. The number of carboxylic acids is 1. The van der Waals surface area contributed by atoms with Gasteiger partial charge in [-0.2, -0.15) is 0 Å². The topological polar surface area (TPSA) is 83.5 Å². The van der Waals surface area contributed by atoms with Gasteiger partial charge in [-0.3, -0.25) is 4.79 Å². The summed E-state index contributed by atoms with van der Waals surface area (Å²) in [6.07, 6.45) is 0. The van der Waals surface area contributed by atoms with Gasteiger partial charge in [0.05, 0.1) is 5.92 Å². The molecule has 1 aromatic carbocycles. The summed E-state index contributed by atoms with van der Waals surface area (Å²) >= 11 is 1.15. The fourth-order valence-electron chi connectivity index (χ4n) is 1.85. The summed E-state index contributed by atoms with van der Waals surface area (Å²) in [7, 11) is -3.67. The average molecular weight is 325 g/mol. The lowest BCUT2D eigenvalue weighted by Crippen LogP contribution is -2.31. The molecule has 0 aliphatic heterocycles. The molecule has 0 aliphatic rings. The van der Waals surface area contributed by atoms with E-state index in [1.807, 2.05) is 6.92 Å². The van der Waals surface area contributed by atoms with E-state index in [0.29, 0.717) is 5.56 Å². The van der Waals surface area contributed by atoms with Crippen molar-refractivity contribution in [2.45, 2.75) is 17.1 Å². The standard InChI is InChI=1S/C14H15NO4S2/c1-10-7-8-13(20-10)21(18,19)15-9-12(14(16)17)11-5-3-2-4-6-11/h2-8,12,15H,9H2,1H3,(H,16,17). The molecule has 0 saturated heterocycles. The largest absolute Gasteiger partial charge is 0.481 e. The number of hydrogen-bond donors (Lipinski definition) is 2. The van der Waals surface area contributed by atoms with Crippen LogP contribution in [0.5, 0.6) is 0 Å². The first kappa shape index (κ1) is 15.7. The third kappa shape index (κ3) is 3.90. The summed E-state index contributed by atoms with van der Waals surface area (Å²) in [5, 5.41) is 9.27. The maximum atomic E-state index is 12.1. The molecule has 0 fully saturated rings. The van der Waals surface area contributed by atoms with E-state index in [9.17, 15) is 18.3 Å². The van der Waals surface area contributed by atoms with E-state index < -0.39 is 21.9 Å². The first-order chi connectivity index (χ1) is 9.90. The number of benzene rings is 1. The number of aryl methyl sites for hydroxylation is 1. The van der Waals surface area contributed by atoms with Crippen LogP contribution < -0.4 is 4.72 Å². The van der Waals surface area contributed by atoms with Gasteiger partial charge < -0.3 is 5.11 Å². The molecule has 112 valence electrons. The zero-order chi connectivity index (χ0) is 15.5. The van der Waals surface area contributed by atoms with E-state index >= 15 is 0 Å². The van der Waals surface area contributed by atoms with E-state index in [4.69, 9.17) is 0 Å². The zero-order valence-electron chi connectivity index (χ0n) is 11.3. The van der Waals surface area contributed by atoms with Crippen molar-refractivity contribution < 1.29 is 18.3 Å². The van der Waals surface area contributed by atoms with Crippen molar-refractivity contribution in [2.24, 2.45) is 0 Å². The molecule has 2 aromatic rings. The molecule has 1 aromatic heterocycles. The Morgan fingerprint density at radius 1 is 1.24 bits per heavy atom. The third-order valence-corrected chi connectivity index (χ3v) is 5.87. The lowest BCUT2D eigenvalue weighted by Gasteiger charge is -2.13. The Balaban J connectivity index is 2.14. The number of carboxylic acid groups (broad SMARTS) is 1. The average Bonchev–Trinajstić information content (AvgIpc) is 2.87. The Hall–Kier alpha value is -1.70. The van der Waals surface area contributed by atoms with Crippen LogP contribution in [0.2, 0.25) is 0 Å². The van der Waals surface area contributed by atoms with E-state index in [0.717, 1.165) is 16.2 Å². The molecule has 2 rings (SSSR count). The molecule has 0 saturated carbocycles. The van der Waals surface area contributed by atoms with Gasteiger partial charge in [0, 0.05) is 11.4 Å². The summed E-state index contributed by atoms with van der Waals surface area (Å²) < 4.78 is 26.8. The number of carbonyl (C=O) groups is 1. The Morgan fingerprint density at radius 2 is 1.90 bits per heavy atom. The van der Waals surface area contributed by atoms with Crippen molar-refractivity contribution in [3.63, 3.8) is 0 Å². The molecule has 1 atom stereocenters. The number of thiophene rings is 1. The van der Waals surface area contributed by atoms with Gasteiger partial charge in [-0.25, -0.2) is 13.1 Å². The van der Waals surface area contributed by atoms with Crippen molar-refractivity contribution in [1.29, 1.82) is 0 Å². The van der Waals surface area contributed by atoms with Gasteiger partial charge >= 0.3 is 5.97 Å². The summed E-state index contributed by atoms with van der Waals surface area (Å²) in [5.41, 5.74) is 0.565. The fourth-order valence-corrected chi connectivity index (χ4v) is 4.23. The van der Waals surface area contributed by atoms with Gasteiger partial charge in [-0.15, -0.1) is 11.3 Å². The normalized spacial score (nSPS) is 13.0. The molecular weight excluding hydrogens is 310 g/mol. The molecule has 1 unspecified atom stereocenters. The minimum absolute atomic E-state index is 0.182. The quantitative estimate of drug-likeness (QED) is 0.853. The van der Waals surface area contributed by atoms with Gasteiger partial charge in [0.1, 0.15) is 4.21 Å². The number of hydrogen-bond acceptors (Lipinski definition) is 4. The predicted molar refractivity (Wildman–Crippen MR) is 81.1 cm³/mol. The molecule has 0 bridgehead atoms. The number of nitrogens with one attached hydrogen (secondary N) is 1. The van der Waals surface area contributed by atoms with Crippen LogP contribution in [0.15, 0.2) is 46.7 Å². The first-order valence-electron chi connectivity index (χ1n) is 6.24. The van der Waals surface area contributed by atoms with E-state index in [1.165, 1.54) is 6.07 Å². The van der Waals surface area contributed by atoms with Gasteiger partial charge in [-0.05, 0) is 24.6 Å². The van der Waals surface area contributed by atoms with Crippen molar-refractivity contribution >= 4 is 27.3 Å². The van der Waals surface area contributed by atoms with Crippen LogP contribution in [0.1, 0.15) is 16.4 Å². The summed E-state index contributed by atoms with van der Waals surface area (Å²) in [6, 6.07) is 11.8. The van der Waals surface area contributed by atoms with Crippen LogP contribution in [-0.4, -0.2) is 26.0 Å². The molecule has 0 aliphatic carbocycles. The highest BCUT2D eigenvalue weighted by atomic mass is 32.2. The van der Waals surface area contributed by atoms with E-state index in [1.54, 1.807) is 36.4 Å². The van der Waals surface area contributed by atoms with Gasteiger partial charge in [0.25, 0.3) is 0 Å². The first-order valence-corrected chi connectivity index (χ1v) is 8.54. The molecule has 2 N–H and O–H groups in total. The minimum atomic E-state index is -3.67. The summed E-state index contributed by atoms with van der Waals surface area (Å²) in [6.45, 7) is 1.63. The van der Waals surface area contributed by atoms with Crippen molar-refractivity contribution in [3.8, 4) is 0 Å². The summed E-state index contributed by atoms with van der Waals surface area (Å²) in [4.78, 5) is 12.2. The highest BCUT2D eigenvalue weighted by Crippen LogP contribution is 2.21. The molecule has 0 spiro atoms. The fraction of sp³-hybridized carbons (Fsp3) is 0.214. The number of aliphatic carboxylic acids is 1. The van der Waals surface area contributed by atoms with Gasteiger partial charge in [0.2, 0.25) is 10.0 Å². The SMILES string of the molecule is Cc1ccc(S(=O)(=O)NCC(C(=O)O)c2ccccc2)s1. The predicted octanol–water partition coefficient (Wildman–Crippen LogP) is 2.20. The maximum Gasteiger partial charge on any atom is 0.312 e. The number of rotatable bonds is 6. The van der Waals surface area contributed by atoms with Crippen molar-refractivity contribution in [2.75, 3.05) is 6.54 Å². The third-order valence-electron chi connectivity index (χ3n) is 2.96. The molecule has 0 radical (unpaired) electrons. The second-order valence-electron chi connectivity index (χ2n) is 4.52.